The number of ether oxygens (including phenoxy) is 1. The summed E-state index contributed by atoms with van der Waals surface area (Å²) in [5.41, 5.74) is -0.740. The maximum Gasteiger partial charge on any atom is 0.416 e. The summed E-state index contributed by atoms with van der Waals surface area (Å²) < 4.78 is 43.0. The Labute approximate surface area is 138 Å². The minimum atomic E-state index is -4.39. The molecule has 1 aromatic carbocycles. The van der Waals surface area contributed by atoms with Crippen LogP contribution >= 0.6 is 12.4 Å². The fourth-order valence-corrected chi connectivity index (χ4v) is 2.59. The van der Waals surface area contributed by atoms with Gasteiger partial charge in [-0.15, -0.1) is 12.4 Å². The van der Waals surface area contributed by atoms with Gasteiger partial charge in [-0.2, -0.15) is 13.2 Å². The molecule has 0 spiro atoms. The van der Waals surface area contributed by atoms with E-state index < -0.39 is 23.8 Å². The zero-order chi connectivity index (χ0) is 16.2. The highest BCUT2D eigenvalue weighted by Crippen LogP contribution is 2.31. The molecule has 1 aliphatic heterocycles. The lowest BCUT2D eigenvalue weighted by Gasteiger charge is -2.20. The van der Waals surface area contributed by atoms with Crippen LogP contribution in [0.3, 0.4) is 0 Å². The average molecular weight is 354 g/mol. The first kappa shape index (κ1) is 19.6. The Balaban J connectivity index is 0.00000264. The lowest BCUT2D eigenvalue weighted by molar-refractivity contribution is -0.142. The van der Waals surface area contributed by atoms with E-state index in [1.165, 1.54) is 12.1 Å². The number of hydrogen-bond acceptors (Lipinski definition) is 3. The van der Waals surface area contributed by atoms with Crippen molar-refractivity contribution in [2.45, 2.75) is 31.5 Å². The van der Waals surface area contributed by atoms with Gasteiger partial charge in [-0.05, 0) is 44.0 Å². The minimum Gasteiger partial charge on any atom is -0.494 e. The Hall–Kier alpha value is -1.47. The summed E-state index contributed by atoms with van der Waals surface area (Å²) >= 11 is 0. The van der Waals surface area contributed by atoms with Gasteiger partial charge in [-0.1, -0.05) is 6.07 Å². The van der Waals surface area contributed by atoms with Gasteiger partial charge < -0.3 is 9.84 Å². The molecular formula is C15H19ClF3NO3. The monoisotopic (exact) mass is 353 g/mol. The number of rotatable bonds is 6. The van der Waals surface area contributed by atoms with Crippen molar-refractivity contribution in [2.75, 3.05) is 19.7 Å². The van der Waals surface area contributed by atoms with Crippen LogP contribution in [0.1, 0.15) is 24.8 Å². The van der Waals surface area contributed by atoms with Crippen LogP contribution in [0.4, 0.5) is 13.2 Å². The Morgan fingerprint density at radius 2 is 2.13 bits per heavy atom. The van der Waals surface area contributed by atoms with Crippen LogP contribution in [0.2, 0.25) is 0 Å². The van der Waals surface area contributed by atoms with Crippen LogP contribution in [0.5, 0.6) is 5.75 Å². The number of aliphatic carboxylic acids is 1. The Morgan fingerprint density at radius 3 is 2.78 bits per heavy atom. The summed E-state index contributed by atoms with van der Waals surface area (Å²) in [4.78, 5) is 12.9. The van der Waals surface area contributed by atoms with Crippen LogP contribution < -0.4 is 4.74 Å². The third kappa shape index (κ3) is 5.58. The van der Waals surface area contributed by atoms with E-state index >= 15 is 0 Å². The molecule has 1 atom stereocenters. The molecule has 0 saturated carbocycles. The number of likely N-dealkylation sites (tertiary alicyclic amines) is 1. The van der Waals surface area contributed by atoms with Crippen molar-refractivity contribution in [3.8, 4) is 5.75 Å². The molecule has 8 heteroatoms. The number of hydrogen-bond donors (Lipinski definition) is 1. The molecule has 0 aliphatic carbocycles. The normalized spacial score (nSPS) is 18.5. The molecule has 4 nitrogen and oxygen atoms in total. The summed E-state index contributed by atoms with van der Waals surface area (Å²) in [5, 5.41) is 9.05. The zero-order valence-corrected chi connectivity index (χ0v) is 13.2. The standard InChI is InChI=1S/C15H18F3NO3.ClH/c16-15(17,18)11-4-1-5-12(10-11)22-9-3-8-19-7-2-6-13(19)14(20)21;/h1,4-5,10,13H,2-3,6-9H2,(H,20,21);1H/t13-;/m0./s1. The third-order valence-corrected chi connectivity index (χ3v) is 3.67. The van der Waals surface area contributed by atoms with Crippen LogP contribution in [0.15, 0.2) is 24.3 Å². The first-order valence-corrected chi connectivity index (χ1v) is 7.15. The predicted molar refractivity (Wildman–Crippen MR) is 81.0 cm³/mol. The lowest BCUT2D eigenvalue weighted by atomic mass is 10.2. The molecule has 0 aromatic heterocycles. The highest BCUT2D eigenvalue weighted by Gasteiger charge is 2.31. The molecule has 1 heterocycles. The number of nitrogens with zero attached hydrogens (tertiary/aromatic N) is 1. The zero-order valence-electron chi connectivity index (χ0n) is 12.4. The highest BCUT2D eigenvalue weighted by atomic mass is 35.5. The van der Waals surface area contributed by atoms with Crippen molar-refractivity contribution in [2.24, 2.45) is 0 Å². The topological polar surface area (TPSA) is 49.8 Å². The van der Waals surface area contributed by atoms with Crippen LogP contribution in [0, 0.1) is 0 Å². The number of alkyl halides is 3. The number of carboxylic acids is 1. The van der Waals surface area contributed by atoms with Gasteiger partial charge in [0.25, 0.3) is 0 Å². The predicted octanol–water partition coefficient (Wildman–Crippen LogP) is 3.45. The van der Waals surface area contributed by atoms with E-state index in [0.29, 0.717) is 19.4 Å². The van der Waals surface area contributed by atoms with Crippen molar-refractivity contribution in [1.82, 2.24) is 4.90 Å². The van der Waals surface area contributed by atoms with E-state index in [1.54, 1.807) is 0 Å². The first-order chi connectivity index (χ1) is 10.4. The van der Waals surface area contributed by atoms with Gasteiger partial charge in [0, 0.05) is 6.54 Å². The van der Waals surface area contributed by atoms with Crippen molar-refractivity contribution < 1.29 is 27.8 Å². The Morgan fingerprint density at radius 1 is 1.39 bits per heavy atom. The van der Waals surface area contributed by atoms with Gasteiger partial charge in [-0.25, -0.2) is 0 Å². The molecule has 0 radical (unpaired) electrons. The van der Waals surface area contributed by atoms with Crippen molar-refractivity contribution in [3.05, 3.63) is 29.8 Å². The molecular weight excluding hydrogens is 335 g/mol. The summed E-state index contributed by atoms with van der Waals surface area (Å²) in [6.45, 7) is 1.56. The summed E-state index contributed by atoms with van der Waals surface area (Å²) in [6.07, 6.45) is -2.32. The molecule has 1 N–H and O–H groups in total. The van der Waals surface area contributed by atoms with E-state index in [9.17, 15) is 18.0 Å². The second-order valence-corrected chi connectivity index (χ2v) is 5.26. The average Bonchev–Trinajstić information content (AvgIpc) is 2.91. The second kappa shape index (κ2) is 8.40. The molecule has 1 saturated heterocycles. The van der Waals surface area contributed by atoms with Gasteiger partial charge in [0.2, 0.25) is 0 Å². The van der Waals surface area contributed by atoms with E-state index in [0.717, 1.165) is 25.1 Å². The van der Waals surface area contributed by atoms with Crippen molar-refractivity contribution in [3.63, 3.8) is 0 Å². The van der Waals surface area contributed by atoms with E-state index in [2.05, 4.69) is 0 Å². The van der Waals surface area contributed by atoms with Gasteiger partial charge in [0.1, 0.15) is 11.8 Å². The molecule has 130 valence electrons. The van der Waals surface area contributed by atoms with Gasteiger partial charge in [0.05, 0.1) is 12.2 Å². The smallest absolute Gasteiger partial charge is 0.416 e. The molecule has 2 rings (SSSR count). The summed E-state index contributed by atoms with van der Waals surface area (Å²) in [7, 11) is 0. The van der Waals surface area contributed by atoms with Crippen molar-refractivity contribution in [1.29, 1.82) is 0 Å². The molecule has 0 amide bonds. The SMILES string of the molecule is Cl.O=C(O)[C@@H]1CCCN1CCCOc1cccc(C(F)(F)F)c1. The highest BCUT2D eigenvalue weighted by molar-refractivity contribution is 5.85. The fourth-order valence-electron chi connectivity index (χ4n) is 2.59. The number of carbonyl (C=O) groups is 1. The number of halogens is 4. The quantitative estimate of drug-likeness (QED) is 0.796. The maximum atomic E-state index is 12.6. The molecule has 1 fully saturated rings. The molecule has 0 unspecified atom stereocenters. The van der Waals surface area contributed by atoms with Gasteiger partial charge in [-0.3, -0.25) is 9.69 Å². The molecule has 1 aromatic rings. The van der Waals surface area contributed by atoms with Crippen LogP contribution in [0.25, 0.3) is 0 Å². The first-order valence-electron chi connectivity index (χ1n) is 7.15. The lowest BCUT2D eigenvalue weighted by Crippen LogP contribution is -2.36. The third-order valence-electron chi connectivity index (χ3n) is 3.67. The number of carboxylic acid groups (broad SMARTS) is 1. The van der Waals surface area contributed by atoms with Gasteiger partial charge >= 0.3 is 12.1 Å². The minimum absolute atomic E-state index is 0. The van der Waals surface area contributed by atoms with Crippen molar-refractivity contribution >= 4 is 18.4 Å². The van der Waals surface area contributed by atoms with E-state index in [1.807, 2.05) is 4.90 Å². The second-order valence-electron chi connectivity index (χ2n) is 5.26. The van der Waals surface area contributed by atoms with Crippen LogP contribution in [-0.2, 0) is 11.0 Å². The molecule has 23 heavy (non-hydrogen) atoms. The summed E-state index contributed by atoms with van der Waals surface area (Å²) in [6, 6.07) is 4.29. The molecule has 0 bridgehead atoms. The maximum absolute atomic E-state index is 12.6. The fraction of sp³-hybridized carbons (Fsp3) is 0.533. The van der Waals surface area contributed by atoms with E-state index in [-0.39, 0.29) is 24.8 Å². The number of benzene rings is 1. The van der Waals surface area contributed by atoms with Crippen LogP contribution in [-0.4, -0.2) is 41.7 Å². The summed E-state index contributed by atoms with van der Waals surface area (Å²) in [5.74, 6) is -0.651. The largest absolute Gasteiger partial charge is 0.494 e. The Kier molecular flexibility index (Phi) is 7.15. The van der Waals surface area contributed by atoms with Gasteiger partial charge in [0.15, 0.2) is 0 Å². The van der Waals surface area contributed by atoms with E-state index in [4.69, 9.17) is 9.84 Å². The molecule has 1 aliphatic rings. The Bertz CT molecular complexity index is 525.